The lowest BCUT2D eigenvalue weighted by molar-refractivity contribution is 0.0599. The Balaban J connectivity index is 2.47. The molecule has 0 spiro atoms. The highest BCUT2D eigenvalue weighted by Crippen LogP contribution is 2.35. The molecule has 14 heavy (non-hydrogen) atoms. The SMILES string of the molecule is COC(=O)c1cc2c(cc1I)OCO2. The molecule has 5 heteroatoms. The van der Waals surface area contributed by atoms with Crippen molar-refractivity contribution in [2.24, 2.45) is 0 Å². The first-order valence-corrected chi connectivity index (χ1v) is 4.97. The summed E-state index contributed by atoms with van der Waals surface area (Å²) in [6, 6.07) is 3.39. The first-order valence-electron chi connectivity index (χ1n) is 3.90. The third kappa shape index (κ3) is 1.52. The van der Waals surface area contributed by atoms with Gasteiger partial charge in [-0.1, -0.05) is 0 Å². The Morgan fingerprint density at radius 3 is 2.71 bits per heavy atom. The Morgan fingerprint density at radius 1 is 1.43 bits per heavy atom. The molecule has 0 amide bonds. The second kappa shape index (κ2) is 3.64. The monoisotopic (exact) mass is 306 g/mol. The van der Waals surface area contributed by atoms with E-state index in [2.05, 4.69) is 27.3 Å². The number of hydrogen-bond donors (Lipinski definition) is 0. The van der Waals surface area contributed by atoms with Crippen LogP contribution in [0.4, 0.5) is 0 Å². The van der Waals surface area contributed by atoms with Gasteiger partial charge < -0.3 is 14.2 Å². The largest absolute Gasteiger partial charge is 0.465 e. The van der Waals surface area contributed by atoms with Crippen LogP contribution in [0, 0.1) is 3.57 Å². The molecule has 2 rings (SSSR count). The standard InChI is InChI=1S/C9H7IO4/c1-12-9(11)5-2-7-8(3-6(5)10)14-4-13-7/h2-3H,4H2,1H3. The Kier molecular flexibility index (Phi) is 2.49. The van der Waals surface area contributed by atoms with E-state index < -0.39 is 0 Å². The number of hydrogen-bond acceptors (Lipinski definition) is 4. The second-order valence-corrected chi connectivity index (χ2v) is 3.84. The number of methoxy groups -OCH3 is 1. The predicted octanol–water partition coefficient (Wildman–Crippen LogP) is 1.81. The number of carbonyl (C=O) groups excluding carboxylic acids is 1. The zero-order valence-electron chi connectivity index (χ0n) is 7.37. The van der Waals surface area contributed by atoms with Crippen LogP contribution in [0.2, 0.25) is 0 Å². The normalized spacial score (nSPS) is 12.7. The molecule has 0 bridgehead atoms. The lowest BCUT2D eigenvalue weighted by Crippen LogP contribution is -2.03. The summed E-state index contributed by atoms with van der Waals surface area (Å²) in [4.78, 5) is 11.3. The van der Waals surface area contributed by atoms with Gasteiger partial charge in [-0.2, -0.15) is 0 Å². The molecule has 0 aromatic heterocycles. The average molecular weight is 306 g/mol. The smallest absolute Gasteiger partial charge is 0.339 e. The number of esters is 1. The van der Waals surface area contributed by atoms with Gasteiger partial charge in [0.15, 0.2) is 11.5 Å². The topological polar surface area (TPSA) is 44.8 Å². The molecule has 1 aromatic carbocycles. The molecule has 0 saturated heterocycles. The molecule has 1 heterocycles. The second-order valence-electron chi connectivity index (χ2n) is 2.68. The van der Waals surface area contributed by atoms with Crippen LogP contribution < -0.4 is 9.47 Å². The van der Waals surface area contributed by atoms with Crippen LogP contribution in [0.3, 0.4) is 0 Å². The van der Waals surface area contributed by atoms with Gasteiger partial charge in [-0.25, -0.2) is 4.79 Å². The summed E-state index contributed by atoms with van der Waals surface area (Å²) in [7, 11) is 1.35. The zero-order valence-corrected chi connectivity index (χ0v) is 9.53. The third-order valence-electron chi connectivity index (χ3n) is 1.87. The Morgan fingerprint density at radius 2 is 2.07 bits per heavy atom. The van der Waals surface area contributed by atoms with E-state index in [1.54, 1.807) is 12.1 Å². The Hall–Kier alpha value is -0.980. The molecule has 0 N–H and O–H groups in total. The fourth-order valence-electron chi connectivity index (χ4n) is 1.18. The van der Waals surface area contributed by atoms with Gasteiger partial charge in [-0.15, -0.1) is 0 Å². The highest BCUT2D eigenvalue weighted by molar-refractivity contribution is 14.1. The van der Waals surface area contributed by atoms with Crippen LogP contribution in [0.25, 0.3) is 0 Å². The van der Waals surface area contributed by atoms with Crippen LogP contribution >= 0.6 is 22.6 Å². The minimum atomic E-state index is -0.368. The minimum absolute atomic E-state index is 0.204. The fraction of sp³-hybridized carbons (Fsp3) is 0.222. The first-order chi connectivity index (χ1) is 6.72. The van der Waals surface area contributed by atoms with E-state index in [1.165, 1.54) is 7.11 Å². The maximum absolute atomic E-state index is 11.3. The first kappa shape index (κ1) is 9.57. The van der Waals surface area contributed by atoms with Crippen LogP contribution in [0.15, 0.2) is 12.1 Å². The maximum Gasteiger partial charge on any atom is 0.339 e. The van der Waals surface area contributed by atoms with Gasteiger partial charge in [0.2, 0.25) is 6.79 Å². The molecule has 1 aromatic rings. The van der Waals surface area contributed by atoms with E-state index in [1.807, 2.05) is 0 Å². The van der Waals surface area contributed by atoms with Gasteiger partial charge >= 0.3 is 5.97 Å². The van der Waals surface area contributed by atoms with Crippen molar-refractivity contribution >= 4 is 28.6 Å². The van der Waals surface area contributed by atoms with Gasteiger partial charge in [0.25, 0.3) is 0 Å². The molecular weight excluding hydrogens is 299 g/mol. The van der Waals surface area contributed by atoms with Gasteiger partial charge in [0, 0.05) is 3.57 Å². The summed E-state index contributed by atoms with van der Waals surface area (Å²) in [6.07, 6.45) is 0. The van der Waals surface area contributed by atoms with E-state index >= 15 is 0 Å². The van der Waals surface area contributed by atoms with Crippen LogP contribution in [0.5, 0.6) is 11.5 Å². The number of rotatable bonds is 1. The van der Waals surface area contributed by atoms with Crippen molar-refractivity contribution in [1.82, 2.24) is 0 Å². The van der Waals surface area contributed by atoms with Crippen molar-refractivity contribution < 1.29 is 19.0 Å². The molecule has 74 valence electrons. The molecule has 0 atom stereocenters. The molecule has 1 aliphatic rings. The lowest BCUT2D eigenvalue weighted by Gasteiger charge is -2.03. The summed E-state index contributed by atoms with van der Waals surface area (Å²) >= 11 is 2.06. The predicted molar refractivity (Wildman–Crippen MR) is 56.6 cm³/mol. The van der Waals surface area contributed by atoms with Crippen LogP contribution in [-0.4, -0.2) is 19.9 Å². The summed E-state index contributed by atoms with van der Waals surface area (Å²) < 4.78 is 15.8. The number of fused-ring (bicyclic) bond motifs is 1. The van der Waals surface area contributed by atoms with Crippen LogP contribution in [0.1, 0.15) is 10.4 Å². The molecule has 4 nitrogen and oxygen atoms in total. The maximum atomic E-state index is 11.3. The van der Waals surface area contributed by atoms with Crippen molar-refractivity contribution in [1.29, 1.82) is 0 Å². The third-order valence-corrected chi connectivity index (χ3v) is 2.76. The van der Waals surface area contributed by atoms with Crippen molar-refractivity contribution in [3.63, 3.8) is 0 Å². The summed E-state index contributed by atoms with van der Waals surface area (Å²) in [5, 5.41) is 0. The molecule has 0 fully saturated rings. The van der Waals surface area contributed by atoms with Crippen molar-refractivity contribution in [3.8, 4) is 11.5 Å². The van der Waals surface area contributed by atoms with Crippen molar-refractivity contribution in [2.45, 2.75) is 0 Å². The number of ether oxygens (including phenoxy) is 3. The summed E-state index contributed by atoms with van der Waals surface area (Å²) in [5.74, 6) is 0.889. The van der Waals surface area contributed by atoms with Crippen LogP contribution in [-0.2, 0) is 4.74 Å². The van der Waals surface area contributed by atoms with Gasteiger partial charge in [0.1, 0.15) is 0 Å². The van der Waals surface area contributed by atoms with E-state index in [-0.39, 0.29) is 12.8 Å². The lowest BCUT2D eigenvalue weighted by atomic mass is 10.2. The minimum Gasteiger partial charge on any atom is -0.465 e. The number of benzene rings is 1. The fourth-order valence-corrected chi connectivity index (χ4v) is 1.84. The molecular formula is C9H7IO4. The molecule has 0 aliphatic carbocycles. The summed E-state index contributed by atoms with van der Waals surface area (Å²) in [5.41, 5.74) is 0.498. The highest BCUT2D eigenvalue weighted by atomic mass is 127. The average Bonchev–Trinajstić information content (AvgIpc) is 2.62. The molecule has 0 saturated carbocycles. The van der Waals surface area contributed by atoms with E-state index in [4.69, 9.17) is 9.47 Å². The summed E-state index contributed by atoms with van der Waals surface area (Å²) in [6.45, 7) is 0.204. The molecule has 1 aliphatic heterocycles. The Labute approximate surface area is 94.3 Å². The van der Waals surface area contributed by atoms with E-state index in [0.717, 1.165) is 3.57 Å². The van der Waals surface area contributed by atoms with E-state index in [9.17, 15) is 4.79 Å². The number of carbonyl (C=O) groups is 1. The van der Waals surface area contributed by atoms with Gasteiger partial charge in [0.05, 0.1) is 12.7 Å². The number of halogens is 1. The van der Waals surface area contributed by atoms with Crippen molar-refractivity contribution in [2.75, 3.05) is 13.9 Å². The van der Waals surface area contributed by atoms with E-state index in [0.29, 0.717) is 17.1 Å². The molecule has 0 radical (unpaired) electrons. The highest BCUT2D eigenvalue weighted by Gasteiger charge is 2.19. The van der Waals surface area contributed by atoms with Gasteiger partial charge in [-0.3, -0.25) is 0 Å². The Bertz CT molecular complexity index is 389. The van der Waals surface area contributed by atoms with Crippen molar-refractivity contribution in [3.05, 3.63) is 21.3 Å². The van der Waals surface area contributed by atoms with Gasteiger partial charge in [-0.05, 0) is 34.7 Å². The quantitative estimate of drug-likeness (QED) is 0.586. The molecule has 0 unspecified atom stereocenters. The zero-order chi connectivity index (χ0) is 10.1.